The van der Waals surface area contributed by atoms with Gasteiger partial charge < -0.3 is 9.73 Å². The van der Waals surface area contributed by atoms with Gasteiger partial charge in [0, 0.05) is 11.3 Å². The van der Waals surface area contributed by atoms with Crippen LogP contribution in [0.2, 0.25) is 0 Å². The van der Waals surface area contributed by atoms with Crippen LogP contribution < -0.4 is 10.7 Å². The molecule has 0 aliphatic rings. The fourth-order valence-electron chi connectivity index (χ4n) is 3.35. The highest BCUT2D eigenvalue weighted by Crippen LogP contribution is 2.15. The van der Waals surface area contributed by atoms with E-state index in [-0.39, 0.29) is 23.9 Å². The van der Waals surface area contributed by atoms with Crippen molar-refractivity contribution in [2.75, 3.05) is 5.32 Å². The zero-order valence-electron chi connectivity index (χ0n) is 19.5. The molecule has 0 saturated heterocycles. The molecule has 2 aromatic heterocycles. The summed E-state index contributed by atoms with van der Waals surface area (Å²) in [6.07, 6.45) is 2.41. The fraction of sp³-hybridized carbons (Fsp3) is 0.120. The Bertz CT molecular complexity index is 1450. The van der Waals surface area contributed by atoms with Gasteiger partial charge in [0.1, 0.15) is 18.2 Å². The number of aryl methyl sites for hydroxylation is 1. The van der Waals surface area contributed by atoms with E-state index < -0.39 is 10.8 Å². The largest absolute Gasteiger partial charge is 0.454 e. The van der Waals surface area contributed by atoms with Gasteiger partial charge in [-0.1, -0.05) is 30.3 Å². The molecule has 0 spiro atoms. The number of anilines is 1. The standard InChI is InChI=1S/C25H22N6O5/c1-16-5-3-4-6-22(16)24(32)27-19-9-7-18(8-10-19)17(2)28-29-25(33)23-12-11-21(36-23)15-30-14-20(13-26-30)31(34)35/h3-14H,15H2,1-2H3,(H,27,32)(H,29,33)/b28-17+. The monoisotopic (exact) mass is 486 g/mol. The van der Waals surface area contributed by atoms with Crippen LogP contribution in [0, 0.1) is 17.0 Å². The third kappa shape index (κ3) is 5.70. The highest BCUT2D eigenvalue weighted by molar-refractivity contribution is 6.06. The second-order valence-electron chi connectivity index (χ2n) is 7.90. The molecule has 2 N–H and O–H groups in total. The molecule has 0 radical (unpaired) electrons. The van der Waals surface area contributed by atoms with Gasteiger partial charge in [-0.2, -0.15) is 10.2 Å². The topological polar surface area (TPSA) is 145 Å². The zero-order chi connectivity index (χ0) is 25.7. The molecule has 0 aliphatic heterocycles. The SMILES string of the molecule is C/C(=N\NC(=O)c1ccc(Cn2cc([N+](=O)[O-])cn2)o1)c1ccc(NC(=O)c2ccccc2C)cc1. The van der Waals surface area contributed by atoms with Crippen molar-refractivity contribution in [3.8, 4) is 0 Å². The fourth-order valence-corrected chi connectivity index (χ4v) is 3.35. The van der Waals surface area contributed by atoms with Crippen LogP contribution in [-0.2, 0) is 6.54 Å². The first-order valence-electron chi connectivity index (χ1n) is 10.9. The third-order valence-electron chi connectivity index (χ3n) is 5.31. The van der Waals surface area contributed by atoms with Gasteiger partial charge in [0.25, 0.3) is 5.91 Å². The number of hydrogen-bond donors (Lipinski definition) is 2. The molecule has 2 aromatic carbocycles. The molecule has 0 saturated carbocycles. The number of hydrazone groups is 1. The van der Waals surface area contributed by atoms with Crippen molar-refractivity contribution in [1.29, 1.82) is 0 Å². The van der Waals surface area contributed by atoms with Crippen molar-refractivity contribution in [2.24, 2.45) is 5.10 Å². The van der Waals surface area contributed by atoms with E-state index in [1.165, 1.54) is 16.9 Å². The Morgan fingerprint density at radius 2 is 1.83 bits per heavy atom. The van der Waals surface area contributed by atoms with Crippen molar-refractivity contribution in [1.82, 2.24) is 15.2 Å². The van der Waals surface area contributed by atoms with Crippen LogP contribution in [0.25, 0.3) is 0 Å². The van der Waals surface area contributed by atoms with E-state index in [4.69, 9.17) is 4.42 Å². The maximum Gasteiger partial charge on any atom is 0.307 e. The van der Waals surface area contributed by atoms with E-state index in [1.54, 1.807) is 43.3 Å². The Labute approximate surface area is 205 Å². The Balaban J connectivity index is 1.34. The number of nitrogens with one attached hydrogen (secondary N) is 2. The molecule has 11 nitrogen and oxygen atoms in total. The number of rotatable bonds is 8. The summed E-state index contributed by atoms with van der Waals surface area (Å²) in [5.74, 6) is -0.295. The second-order valence-corrected chi connectivity index (χ2v) is 7.90. The minimum absolute atomic E-state index is 0.0393. The Morgan fingerprint density at radius 3 is 2.53 bits per heavy atom. The lowest BCUT2D eigenvalue weighted by Gasteiger charge is -2.08. The van der Waals surface area contributed by atoms with Crippen molar-refractivity contribution in [2.45, 2.75) is 20.4 Å². The molecule has 0 unspecified atom stereocenters. The second kappa shape index (κ2) is 10.5. The minimum atomic E-state index is -0.547. The summed E-state index contributed by atoms with van der Waals surface area (Å²) in [6, 6.07) is 17.5. The molecule has 4 aromatic rings. The molecule has 2 amide bonds. The van der Waals surface area contributed by atoms with Gasteiger partial charge in [0.05, 0.1) is 17.2 Å². The number of amides is 2. The van der Waals surface area contributed by atoms with E-state index in [1.807, 2.05) is 25.1 Å². The van der Waals surface area contributed by atoms with Gasteiger partial charge in [-0.15, -0.1) is 0 Å². The zero-order valence-corrected chi connectivity index (χ0v) is 19.5. The van der Waals surface area contributed by atoms with E-state index in [0.29, 0.717) is 22.7 Å². The average Bonchev–Trinajstić information content (AvgIpc) is 3.53. The molecule has 0 atom stereocenters. The number of carbonyl (C=O) groups is 2. The first-order valence-corrected chi connectivity index (χ1v) is 10.9. The number of benzene rings is 2. The van der Waals surface area contributed by atoms with Crippen molar-refractivity contribution in [3.63, 3.8) is 0 Å². The van der Waals surface area contributed by atoms with Crippen molar-refractivity contribution < 1.29 is 18.9 Å². The summed E-state index contributed by atoms with van der Waals surface area (Å²) >= 11 is 0. The third-order valence-corrected chi connectivity index (χ3v) is 5.31. The first-order chi connectivity index (χ1) is 17.3. The van der Waals surface area contributed by atoms with Gasteiger partial charge >= 0.3 is 11.6 Å². The maximum absolute atomic E-state index is 12.5. The van der Waals surface area contributed by atoms with Crippen LogP contribution >= 0.6 is 0 Å². The predicted molar refractivity (Wildman–Crippen MR) is 132 cm³/mol. The van der Waals surface area contributed by atoms with Crippen molar-refractivity contribution in [3.05, 3.63) is 111 Å². The van der Waals surface area contributed by atoms with Gasteiger partial charge in [0.15, 0.2) is 5.76 Å². The average molecular weight is 486 g/mol. The Hall–Kier alpha value is -5.06. The highest BCUT2D eigenvalue weighted by Gasteiger charge is 2.14. The highest BCUT2D eigenvalue weighted by atomic mass is 16.6. The lowest BCUT2D eigenvalue weighted by atomic mass is 10.1. The summed E-state index contributed by atoms with van der Waals surface area (Å²) < 4.78 is 6.84. The number of nitro groups is 1. The minimum Gasteiger partial charge on any atom is -0.454 e. The molecule has 2 heterocycles. The molecule has 4 rings (SSSR count). The van der Waals surface area contributed by atoms with Gasteiger partial charge in [-0.25, -0.2) is 5.43 Å². The van der Waals surface area contributed by atoms with Gasteiger partial charge in [0.2, 0.25) is 0 Å². The molecule has 11 heteroatoms. The molecule has 182 valence electrons. The quantitative estimate of drug-likeness (QED) is 0.217. The smallest absolute Gasteiger partial charge is 0.307 e. The number of hydrogen-bond acceptors (Lipinski definition) is 7. The van der Waals surface area contributed by atoms with E-state index >= 15 is 0 Å². The van der Waals surface area contributed by atoms with Crippen LogP contribution in [0.15, 0.2) is 82.6 Å². The van der Waals surface area contributed by atoms with Crippen LogP contribution in [0.1, 0.15) is 44.7 Å². The van der Waals surface area contributed by atoms with Crippen LogP contribution in [0.5, 0.6) is 0 Å². The summed E-state index contributed by atoms with van der Waals surface area (Å²) in [5.41, 5.74) is 5.74. The van der Waals surface area contributed by atoms with E-state index in [2.05, 4.69) is 20.9 Å². The van der Waals surface area contributed by atoms with Crippen LogP contribution in [0.3, 0.4) is 0 Å². The molecular formula is C25H22N6O5. The lowest BCUT2D eigenvalue weighted by Crippen LogP contribution is -2.18. The Morgan fingerprint density at radius 1 is 1.08 bits per heavy atom. The van der Waals surface area contributed by atoms with E-state index in [9.17, 15) is 19.7 Å². The lowest BCUT2D eigenvalue weighted by molar-refractivity contribution is -0.385. The predicted octanol–water partition coefficient (Wildman–Crippen LogP) is 4.15. The summed E-state index contributed by atoms with van der Waals surface area (Å²) in [5, 5.41) is 21.6. The van der Waals surface area contributed by atoms with E-state index in [0.717, 1.165) is 17.3 Å². The van der Waals surface area contributed by atoms with Crippen LogP contribution in [0.4, 0.5) is 11.4 Å². The van der Waals surface area contributed by atoms with Crippen molar-refractivity contribution >= 4 is 28.9 Å². The molecule has 0 bridgehead atoms. The van der Waals surface area contributed by atoms with Gasteiger partial charge in [-0.3, -0.25) is 24.4 Å². The number of aromatic nitrogens is 2. The molecule has 36 heavy (non-hydrogen) atoms. The molecular weight excluding hydrogens is 464 g/mol. The number of carbonyl (C=O) groups excluding carboxylic acids is 2. The number of nitrogens with zero attached hydrogens (tertiary/aromatic N) is 4. The normalized spacial score (nSPS) is 11.2. The number of furan rings is 1. The molecule has 0 aliphatic carbocycles. The Kier molecular flexibility index (Phi) is 7.00. The maximum atomic E-state index is 12.5. The van der Waals surface area contributed by atoms with Crippen LogP contribution in [-0.4, -0.2) is 32.2 Å². The van der Waals surface area contributed by atoms with Gasteiger partial charge in [-0.05, 0) is 55.3 Å². The summed E-state index contributed by atoms with van der Waals surface area (Å²) in [7, 11) is 0. The molecule has 0 fully saturated rings. The summed E-state index contributed by atoms with van der Waals surface area (Å²) in [4.78, 5) is 35.1. The summed E-state index contributed by atoms with van der Waals surface area (Å²) in [6.45, 7) is 3.75. The first kappa shape index (κ1) is 24.1.